The molecule has 0 radical (unpaired) electrons. The average molecular weight is 735 g/mol. The molecule has 4 aliphatic heterocycles. The molecular formula is C39H39ClN8O5. The number of amides is 5. The van der Waals surface area contributed by atoms with Gasteiger partial charge in [0.15, 0.2) is 0 Å². The topological polar surface area (TPSA) is 159 Å². The number of imide groups is 2. The van der Waals surface area contributed by atoms with Crippen LogP contribution in [0.25, 0.3) is 22.3 Å². The van der Waals surface area contributed by atoms with Gasteiger partial charge in [-0.05, 0) is 61.8 Å². The van der Waals surface area contributed by atoms with E-state index in [4.69, 9.17) is 11.6 Å². The summed E-state index contributed by atoms with van der Waals surface area (Å²) in [5, 5.41) is 13.7. The molecule has 0 aliphatic carbocycles. The number of halogens is 1. The van der Waals surface area contributed by atoms with E-state index < -0.39 is 29.7 Å². The third kappa shape index (κ3) is 6.43. The molecule has 0 saturated carbocycles. The van der Waals surface area contributed by atoms with E-state index >= 15 is 0 Å². The van der Waals surface area contributed by atoms with Crippen LogP contribution in [-0.2, 0) is 20.9 Å². The molecule has 6 heterocycles. The van der Waals surface area contributed by atoms with Crippen LogP contribution in [0.5, 0.6) is 0 Å². The van der Waals surface area contributed by atoms with Crippen LogP contribution >= 0.6 is 11.6 Å². The summed E-state index contributed by atoms with van der Waals surface area (Å²) >= 11 is 6.74. The molecule has 13 nitrogen and oxygen atoms in total. The molecule has 53 heavy (non-hydrogen) atoms. The van der Waals surface area contributed by atoms with Crippen molar-refractivity contribution < 1.29 is 24.0 Å². The SMILES string of the molecule is O=C1CCC(N2C(=O)c3cccc(NCCCCn4cc(-c5ccc(-c6cncc(Cl)c6N6CCC7(CCNC7=O)CC6)cc5)cn4)c3C2=O)C(=O)N1. The van der Waals surface area contributed by atoms with E-state index in [1.165, 1.54) is 0 Å². The first-order valence-electron chi connectivity index (χ1n) is 18.1. The third-order valence-electron chi connectivity index (χ3n) is 11.0. The summed E-state index contributed by atoms with van der Waals surface area (Å²) in [5.74, 6) is -1.90. The molecule has 4 aromatic rings. The Labute approximate surface area is 311 Å². The summed E-state index contributed by atoms with van der Waals surface area (Å²) in [7, 11) is 0. The number of hydrogen-bond acceptors (Lipinski definition) is 9. The van der Waals surface area contributed by atoms with Gasteiger partial charge in [0.2, 0.25) is 17.7 Å². The van der Waals surface area contributed by atoms with Gasteiger partial charge in [-0.25, -0.2) is 0 Å². The van der Waals surface area contributed by atoms with Gasteiger partial charge in [0.05, 0.1) is 33.4 Å². The molecule has 3 N–H and O–H groups in total. The zero-order chi connectivity index (χ0) is 36.7. The number of carbonyl (C=O) groups excluding carboxylic acids is 5. The Balaban J connectivity index is 0.859. The molecule has 5 amide bonds. The molecule has 0 bridgehead atoms. The van der Waals surface area contributed by atoms with Crippen molar-refractivity contribution in [3.8, 4) is 22.3 Å². The largest absolute Gasteiger partial charge is 0.384 e. The maximum atomic E-state index is 13.3. The van der Waals surface area contributed by atoms with Crippen molar-refractivity contribution in [2.45, 2.75) is 57.5 Å². The number of nitrogens with one attached hydrogen (secondary N) is 3. The fraction of sp³-hybridized carbons (Fsp3) is 0.359. The molecule has 272 valence electrons. The summed E-state index contributed by atoms with van der Waals surface area (Å²) in [6.07, 6.45) is 11.7. The predicted octanol–water partition coefficient (Wildman–Crippen LogP) is 4.67. The first kappa shape index (κ1) is 34.5. The van der Waals surface area contributed by atoms with Gasteiger partial charge in [-0.2, -0.15) is 5.10 Å². The molecule has 2 aromatic heterocycles. The highest BCUT2D eigenvalue weighted by molar-refractivity contribution is 6.34. The van der Waals surface area contributed by atoms with Gasteiger partial charge in [-0.15, -0.1) is 0 Å². The Kier molecular flexibility index (Phi) is 9.19. The summed E-state index contributed by atoms with van der Waals surface area (Å²) in [5.41, 5.74) is 5.76. The summed E-state index contributed by atoms with van der Waals surface area (Å²) in [6, 6.07) is 12.4. The van der Waals surface area contributed by atoms with Gasteiger partial charge < -0.3 is 15.5 Å². The number of carbonyl (C=O) groups is 5. The zero-order valence-electron chi connectivity index (χ0n) is 29.1. The standard InChI is InChI=1S/C39H39ClN8O5/c40-29-22-41-21-28(34(29)46-18-13-39(14-19-46)12-16-43-38(39)53)25-8-6-24(7-9-25)26-20-44-47(23-26)17-2-1-15-42-30-5-3-4-27-33(30)37(52)48(36(27)51)31-10-11-32(49)45-35(31)50/h3-9,20-23,31,42H,1-2,10-19H2,(H,43,53)(H,45,49,50). The second-order valence-corrected chi connectivity index (χ2v) is 14.6. The number of aromatic nitrogens is 3. The van der Waals surface area contributed by atoms with Gasteiger partial charge in [0.25, 0.3) is 11.8 Å². The van der Waals surface area contributed by atoms with E-state index in [9.17, 15) is 24.0 Å². The van der Waals surface area contributed by atoms with Crippen molar-refractivity contribution in [1.82, 2.24) is 30.3 Å². The minimum atomic E-state index is -1.00. The first-order valence-corrected chi connectivity index (χ1v) is 18.5. The molecule has 4 aliphatic rings. The van der Waals surface area contributed by atoms with Crippen LogP contribution in [0.4, 0.5) is 11.4 Å². The highest BCUT2D eigenvalue weighted by Gasteiger charge is 2.46. The minimum absolute atomic E-state index is 0.0751. The first-order chi connectivity index (χ1) is 25.7. The quantitative estimate of drug-likeness (QED) is 0.156. The number of piperidine rings is 2. The van der Waals surface area contributed by atoms with Gasteiger partial charge in [-0.1, -0.05) is 41.9 Å². The third-order valence-corrected chi connectivity index (χ3v) is 11.3. The Morgan fingerprint density at radius 3 is 2.42 bits per heavy atom. The maximum Gasteiger partial charge on any atom is 0.264 e. The molecule has 1 spiro atoms. The molecule has 1 atom stereocenters. The van der Waals surface area contributed by atoms with Crippen molar-refractivity contribution in [2.75, 3.05) is 36.4 Å². The number of rotatable bonds is 10. The lowest BCUT2D eigenvalue weighted by Gasteiger charge is -2.39. The van der Waals surface area contributed by atoms with Gasteiger partial charge >= 0.3 is 0 Å². The lowest BCUT2D eigenvalue weighted by Crippen LogP contribution is -2.54. The molecule has 1 unspecified atom stereocenters. The Hall–Kier alpha value is -5.56. The number of anilines is 2. The van der Waals surface area contributed by atoms with Crippen molar-refractivity contribution >= 4 is 52.5 Å². The highest BCUT2D eigenvalue weighted by Crippen LogP contribution is 2.43. The van der Waals surface area contributed by atoms with Crippen molar-refractivity contribution in [2.24, 2.45) is 5.41 Å². The molecule has 8 rings (SSSR count). The minimum Gasteiger partial charge on any atom is -0.384 e. The fourth-order valence-corrected chi connectivity index (χ4v) is 8.35. The average Bonchev–Trinajstić information content (AvgIpc) is 3.85. The summed E-state index contributed by atoms with van der Waals surface area (Å²) in [4.78, 5) is 70.7. The summed E-state index contributed by atoms with van der Waals surface area (Å²) in [6.45, 7) is 3.55. The van der Waals surface area contributed by atoms with Crippen molar-refractivity contribution in [1.29, 1.82) is 0 Å². The number of hydrogen-bond donors (Lipinski definition) is 3. The molecule has 2 aromatic carbocycles. The van der Waals surface area contributed by atoms with E-state index in [0.29, 0.717) is 23.8 Å². The summed E-state index contributed by atoms with van der Waals surface area (Å²) < 4.78 is 1.91. The van der Waals surface area contributed by atoms with Crippen LogP contribution in [0.15, 0.2) is 67.3 Å². The Morgan fingerprint density at radius 1 is 0.868 bits per heavy atom. The van der Waals surface area contributed by atoms with Crippen LogP contribution in [0.3, 0.4) is 0 Å². The lowest BCUT2D eigenvalue weighted by molar-refractivity contribution is -0.136. The number of pyridine rings is 1. The van der Waals surface area contributed by atoms with Gasteiger partial charge in [0, 0.05) is 74.5 Å². The number of aryl methyl sites for hydroxylation is 1. The number of benzene rings is 2. The van der Waals surface area contributed by atoms with Crippen LogP contribution in [-0.4, -0.2) is 81.4 Å². The van der Waals surface area contributed by atoms with Crippen molar-refractivity contribution in [3.05, 3.63) is 83.4 Å². The molecule has 3 fully saturated rings. The molecule has 14 heteroatoms. The van der Waals surface area contributed by atoms with Crippen LogP contribution in [0.1, 0.15) is 65.7 Å². The highest BCUT2D eigenvalue weighted by atomic mass is 35.5. The van der Waals surface area contributed by atoms with Crippen LogP contribution in [0, 0.1) is 5.41 Å². The van der Waals surface area contributed by atoms with Gasteiger partial charge in [0.1, 0.15) is 6.04 Å². The molecular weight excluding hydrogens is 696 g/mol. The lowest BCUT2D eigenvalue weighted by atomic mass is 9.77. The van der Waals surface area contributed by atoms with Crippen LogP contribution < -0.4 is 20.9 Å². The van der Waals surface area contributed by atoms with E-state index in [1.807, 2.05) is 23.3 Å². The van der Waals surface area contributed by atoms with Crippen LogP contribution in [0.2, 0.25) is 5.02 Å². The zero-order valence-corrected chi connectivity index (χ0v) is 29.8. The second kappa shape index (κ2) is 14.1. The maximum absolute atomic E-state index is 13.3. The van der Waals surface area contributed by atoms with E-state index in [2.05, 4.69) is 55.2 Å². The Bertz CT molecular complexity index is 2120. The van der Waals surface area contributed by atoms with E-state index in [1.54, 1.807) is 24.4 Å². The fourth-order valence-electron chi connectivity index (χ4n) is 8.07. The second-order valence-electron chi connectivity index (χ2n) is 14.2. The van der Waals surface area contributed by atoms with Gasteiger partial charge in [-0.3, -0.25) is 43.9 Å². The van der Waals surface area contributed by atoms with Crippen molar-refractivity contribution in [3.63, 3.8) is 0 Å². The Morgan fingerprint density at radius 2 is 1.66 bits per heavy atom. The number of fused-ring (bicyclic) bond motifs is 1. The van der Waals surface area contributed by atoms with E-state index in [0.717, 1.165) is 84.6 Å². The monoisotopic (exact) mass is 734 g/mol. The number of nitrogens with zero attached hydrogens (tertiary/aromatic N) is 5. The molecule has 3 saturated heterocycles. The normalized spacial score (nSPS) is 19.5. The van der Waals surface area contributed by atoms with E-state index in [-0.39, 0.29) is 35.3 Å². The smallest absolute Gasteiger partial charge is 0.264 e. The number of unbranched alkanes of at least 4 members (excludes halogenated alkanes) is 1. The predicted molar refractivity (Wildman–Crippen MR) is 198 cm³/mol.